The highest BCUT2D eigenvalue weighted by Gasteiger charge is 2.16. The largest absolute Gasteiger partial charge is 0.376 e. The molecule has 6 nitrogen and oxygen atoms in total. The Morgan fingerprint density at radius 2 is 2.17 bits per heavy atom. The average Bonchev–Trinajstić information content (AvgIpc) is 3.19. The summed E-state index contributed by atoms with van der Waals surface area (Å²) in [5, 5.41) is 5.89. The van der Waals surface area contributed by atoms with E-state index < -0.39 is 10.0 Å². The number of nitrogens with zero attached hydrogens (tertiary/aromatic N) is 2. The van der Waals surface area contributed by atoms with Gasteiger partial charge in [0, 0.05) is 17.8 Å². The molecule has 1 aromatic carbocycles. The fourth-order valence-electron chi connectivity index (χ4n) is 2.45. The van der Waals surface area contributed by atoms with Crippen LogP contribution < -0.4 is 4.72 Å². The molecule has 3 rings (SSSR count). The van der Waals surface area contributed by atoms with E-state index >= 15 is 0 Å². The number of rotatable bonds is 6. The van der Waals surface area contributed by atoms with Crippen LogP contribution in [0.2, 0.25) is 5.02 Å². The smallest absolute Gasteiger partial charge is 0.255 e. The molecule has 2 aromatic rings. The Balaban J connectivity index is 1.61. The van der Waals surface area contributed by atoms with Crippen LogP contribution in [0.3, 0.4) is 0 Å². The van der Waals surface area contributed by atoms with Crippen LogP contribution >= 0.6 is 11.6 Å². The number of anilines is 1. The zero-order valence-electron chi connectivity index (χ0n) is 12.9. The molecule has 0 bridgehead atoms. The van der Waals surface area contributed by atoms with E-state index in [2.05, 4.69) is 9.82 Å². The number of ether oxygens (including phenoxy) is 1. The van der Waals surface area contributed by atoms with Crippen LogP contribution in [-0.2, 0) is 21.3 Å². The molecule has 1 atom stereocenters. The van der Waals surface area contributed by atoms with E-state index in [0.29, 0.717) is 17.3 Å². The second-order valence-electron chi connectivity index (χ2n) is 5.59. The lowest BCUT2D eigenvalue weighted by Crippen LogP contribution is -2.15. The topological polar surface area (TPSA) is 73.2 Å². The van der Waals surface area contributed by atoms with E-state index in [0.717, 1.165) is 30.4 Å². The highest BCUT2D eigenvalue weighted by molar-refractivity contribution is 7.95. The lowest BCUT2D eigenvalue weighted by molar-refractivity contribution is 0.0940. The normalized spacial score (nSPS) is 18.3. The molecule has 0 aliphatic carbocycles. The SMILES string of the molecule is O=S(=O)(C=Cc1ccc(Cl)cc1)Nc1cnn(CC2CCCO2)c1. The Morgan fingerprint density at radius 1 is 1.38 bits per heavy atom. The zero-order chi connectivity index (χ0) is 17.0. The zero-order valence-corrected chi connectivity index (χ0v) is 14.5. The maximum Gasteiger partial charge on any atom is 0.255 e. The first-order chi connectivity index (χ1) is 11.5. The van der Waals surface area contributed by atoms with Crippen LogP contribution in [-0.4, -0.2) is 30.9 Å². The minimum Gasteiger partial charge on any atom is -0.376 e. The molecule has 0 spiro atoms. The first-order valence-corrected chi connectivity index (χ1v) is 9.53. The van der Waals surface area contributed by atoms with Crippen molar-refractivity contribution in [2.45, 2.75) is 25.5 Å². The van der Waals surface area contributed by atoms with E-state index in [1.807, 2.05) is 0 Å². The Bertz CT molecular complexity index is 809. The van der Waals surface area contributed by atoms with Gasteiger partial charge in [0.05, 0.1) is 29.9 Å². The molecule has 2 heterocycles. The monoisotopic (exact) mass is 367 g/mol. The second kappa shape index (κ2) is 7.38. The first kappa shape index (κ1) is 17.0. The molecule has 0 amide bonds. The van der Waals surface area contributed by atoms with Crippen LogP contribution in [0.15, 0.2) is 42.1 Å². The van der Waals surface area contributed by atoms with Gasteiger partial charge >= 0.3 is 0 Å². The van der Waals surface area contributed by atoms with Crippen LogP contribution in [0.5, 0.6) is 0 Å². The minimum atomic E-state index is -3.60. The van der Waals surface area contributed by atoms with Crippen LogP contribution in [0.4, 0.5) is 5.69 Å². The predicted molar refractivity (Wildman–Crippen MR) is 94.2 cm³/mol. The summed E-state index contributed by atoms with van der Waals surface area (Å²) in [6, 6.07) is 6.90. The summed E-state index contributed by atoms with van der Waals surface area (Å²) in [6.45, 7) is 1.41. The van der Waals surface area contributed by atoms with E-state index in [1.165, 1.54) is 12.3 Å². The molecule has 1 aliphatic rings. The van der Waals surface area contributed by atoms with E-state index in [9.17, 15) is 8.42 Å². The van der Waals surface area contributed by atoms with Crippen LogP contribution in [0.25, 0.3) is 6.08 Å². The van der Waals surface area contributed by atoms with Gasteiger partial charge in [-0.2, -0.15) is 5.10 Å². The number of benzene rings is 1. The number of hydrogen-bond donors (Lipinski definition) is 1. The fraction of sp³-hybridized carbons (Fsp3) is 0.312. The minimum absolute atomic E-state index is 0.152. The highest BCUT2D eigenvalue weighted by atomic mass is 35.5. The van der Waals surface area contributed by atoms with Gasteiger partial charge in [0.1, 0.15) is 0 Å². The highest BCUT2D eigenvalue weighted by Crippen LogP contribution is 2.16. The summed E-state index contributed by atoms with van der Waals surface area (Å²) in [4.78, 5) is 0. The second-order valence-corrected chi connectivity index (χ2v) is 7.59. The van der Waals surface area contributed by atoms with Crippen molar-refractivity contribution in [2.24, 2.45) is 0 Å². The molecule has 0 radical (unpaired) electrons. The molecule has 0 saturated carbocycles. The van der Waals surface area contributed by atoms with Gasteiger partial charge in [-0.3, -0.25) is 9.40 Å². The molecule has 1 fully saturated rings. The van der Waals surface area contributed by atoms with Crippen molar-refractivity contribution in [2.75, 3.05) is 11.3 Å². The summed E-state index contributed by atoms with van der Waals surface area (Å²) < 4.78 is 33.9. The van der Waals surface area contributed by atoms with Crippen molar-refractivity contribution in [3.8, 4) is 0 Å². The average molecular weight is 368 g/mol. The molecule has 24 heavy (non-hydrogen) atoms. The lowest BCUT2D eigenvalue weighted by atomic mass is 10.2. The van der Waals surface area contributed by atoms with E-state index in [-0.39, 0.29) is 6.10 Å². The van der Waals surface area contributed by atoms with Gasteiger partial charge in [-0.1, -0.05) is 23.7 Å². The first-order valence-electron chi connectivity index (χ1n) is 7.61. The molecular formula is C16H18ClN3O3S. The number of hydrogen-bond acceptors (Lipinski definition) is 4. The Morgan fingerprint density at radius 3 is 2.88 bits per heavy atom. The number of sulfonamides is 1. The quantitative estimate of drug-likeness (QED) is 0.851. The van der Waals surface area contributed by atoms with Crippen LogP contribution in [0.1, 0.15) is 18.4 Å². The third kappa shape index (κ3) is 4.83. The van der Waals surface area contributed by atoms with Crippen molar-refractivity contribution in [3.05, 3.63) is 52.7 Å². The molecular weight excluding hydrogens is 350 g/mol. The van der Waals surface area contributed by atoms with Gasteiger partial charge in [0.15, 0.2) is 0 Å². The summed E-state index contributed by atoms with van der Waals surface area (Å²) in [7, 11) is -3.60. The number of aromatic nitrogens is 2. The maximum absolute atomic E-state index is 12.1. The molecule has 128 valence electrons. The maximum atomic E-state index is 12.1. The molecule has 1 unspecified atom stereocenters. The number of halogens is 1. The Labute approximate surface area is 146 Å². The Hall–Kier alpha value is -1.83. The summed E-state index contributed by atoms with van der Waals surface area (Å²) in [6.07, 6.45) is 6.87. The number of nitrogens with one attached hydrogen (secondary N) is 1. The van der Waals surface area contributed by atoms with Gasteiger partial charge in [-0.15, -0.1) is 0 Å². The van der Waals surface area contributed by atoms with Crippen molar-refractivity contribution >= 4 is 33.4 Å². The van der Waals surface area contributed by atoms with Gasteiger partial charge in [0.2, 0.25) is 0 Å². The molecule has 1 saturated heterocycles. The standard InChI is InChI=1S/C16H18ClN3O3S/c17-14-5-3-13(4-6-14)7-9-24(21,22)19-15-10-18-20(11-15)12-16-2-1-8-23-16/h3-7,9-11,16,19H,1-2,8,12H2. The van der Waals surface area contributed by atoms with Crippen molar-refractivity contribution in [3.63, 3.8) is 0 Å². The van der Waals surface area contributed by atoms with Gasteiger partial charge in [-0.05, 0) is 36.6 Å². The lowest BCUT2D eigenvalue weighted by Gasteiger charge is -2.08. The molecule has 8 heteroatoms. The fourth-order valence-corrected chi connectivity index (χ4v) is 3.42. The summed E-state index contributed by atoms with van der Waals surface area (Å²) in [5.41, 5.74) is 1.17. The molecule has 1 aliphatic heterocycles. The van der Waals surface area contributed by atoms with Gasteiger partial charge in [0.25, 0.3) is 10.0 Å². The third-order valence-corrected chi connectivity index (χ3v) is 4.88. The van der Waals surface area contributed by atoms with Crippen LogP contribution in [0, 0.1) is 0 Å². The van der Waals surface area contributed by atoms with Crippen molar-refractivity contribution in [1.82, 2.24) is 9.78 Å². The van der Waals surface area contributed by atoms with Crippen molar-refractivity contribution < 1.29 is 13.2 Å². The van der Waals surface area contributed by atoms with Gasteiger partial charge in [-0.25, -0.2) is 8.42 Å². The summed E-state index contributed by atoms with van der Waals surface area (Å²) >= 11 is 5.80. The Kier molecular flexibility index (Phi) is 5.23. The molecule has 1 N–H and O–H groups in total. The third-order valence-electron chi connectivity index (χ3n) is 3.62. The van der Waals surface area contributed by atoms with Crippen molar-refractivity contribution in [1.29, 1.82) is 0 Å². The van der Waals surface area contributed by atoms with Gasteiger partial charge < -0.3 is 4.74 Å². The predicted octanol–water partition coefficient (Wildman–Crippen LogP) is 3.13. The summed E-state index contributed by atoms with van der Waals surface area (Å²) in [5.74, 6) is 0. The molecule has 1 aromatic heterocycles. The van der Waals surface area contributed by atoms with E-state index in [1.54, 1.807) is 35.1 Å². The van der Waals surface area contributed by atoms with E-state index in [4.69, 9.17) is 16.3 Å².